The van der Waals surface area contributed by atoms with E-state index in [1.165, 1.54) is 23.7 Å². The van der Waals surface area contributed by atoms with Gasteiger partial charge in [-0.2, -0.15) is 9.36 Å². The number of halogens is 2. The molecule has 0 spiro atoms. The summed E-state index contributed by atoms with van der Waals surface area (Å²) in [5.74, 6) is 0.390. The van der Waals surface area contributed by atoms with Crippen molar-refractivity contribution < 1.29 is 8.91 Å². The summed E-state index contributed by atoms with van der Waals surface area (Å²) in [5, 5.41) is 4.75. The zero-order valence-corrected chi connectivity index (χ0v) is 12.5. The van der Waals surface area contributed by atoms with Crippen molar-refractivity contribution in [1.29, 1.82) is 0 Å². The van der Waals surface area contributed by atoms with E-state index in [0.29, 0.717) is 33.7 Å². The highest BCUT2D eigenvalue weighted by Crippen LogP contribution is 2.31. The maximum Gasteiger partial charge on any atom is 0.262 e. The topological polar surface area (TPSA) is 77.8 Å². The molecule has 0 aliphatic carbocycles. The minimum atomic E-state index is -0.384. The number of nitrogens with two attached hydrogens (primary N) is 1. The fourth-order valence-corrected chi connectivity index (χ4v) is 2.80. The average Bonchev–Trinajstić information content (AvgIpc) is 3.00. The number of rotatable bonds is 3. The molecule has 0 amide bonds. The summed E-state index contributed by atoms with van der Waals surface area (Å²) in [5.41, 5.74) is 7.96. The van der Waals surface area contributed by atoms with Crippen molar-refractivity contribution in [3.8, 4) is 11.5 Å². The molecule has 21 heavy (non-hydrogen) atoms. The molecule has 0 aliphatic rings. The van der Waals surface area contributed by atoms with Crippen LogP contribution in [0.15, 0.2) is 22.7 Å². The highest BCUT2D eigenvalue weighted by molar-refractivity contribution is 7.10. The molecule has 2 N–H and O–H groups in total. The summed E-state index contributed by atoms with van der Waals surface area (Å²) in [4.78, 5) is 4.29. The lowest BCUT2D eigenvalue weighted by molar-refractivity contribution is 0.424. The van der Waals surface area contributed by atoms with E-state index in [9.17, 15) is 4.39 Å². The minimum Gasteiger partial charge on any atom is -0.389 e. The van der Waals surface area contributed by atoms with Gasteiger partial charge in [0.15, 0.2) is 5.82 Å². The summed E-state index contributed by atoms with van der Waals surface area (Å²) < 4.78 is 22.4. The summed E-state index contributed by atoms with van der Waals surface area (Å²) in [6.45, 7) is 1.82. The zero-order chi connectivity index (χ0) is 15.0. The van der Waals surface area contributed by atoms with Gasteiger partial charge in [-0.15, -0.1) is 0 Å². The van der Waals surface area contributed by atoms with Gasteiger partial charge in [-0.3, -0.25) is 0 Å². The molecule has 3 rings (SSSR count). The molecule has 1 aromatic carbocycles. The van der Waals surface area contributed by atoms with Crippen molar-refractivity contribution in [3.63, 3.8) is 0 Å². The average molecular weight is 325 g/mol. The third kappa shape index (κ3) is 2.74. The highest BCUT2D eigenvalue weighted by Gasteiger charge is 2.18. The number of benzene rings is 1. The summed E-state index contributed by atoms with van der Waals surface area (Å²) in [6.07, 6.45) is 0.346. The van der Waals surface area contributed by atoms with Gasteiger partial charge in [-0.25, -0.2) is 4.39 Å². The van der Waals surface area contributed by atoms with Gasteiger partial charge >= 0.3 is 0 Å². The predicted molar refractivity (Wildman–Crippen MR) is 78.8 cm³/mol. The van der Waals surface area contributed by atoms with E-state index in [4.69, 9.17) is 21.9 Å². The predicted octanol–water partition coefficient (Wildman–Crippen LogP) is 3.47. The van der Waals surface area contributed by atoms with Gasteiger partial charge in [0.1, 0.15) is 10.8 Å². The van der Waals surface area contributed by atoms with Crippen molar-refractivity contribution >= 4 is 28.1 Å². The molecule has 0 saturated heterocycles. The van der Waals surface area contributed by atoms with Crippen LogP contribution in [0.25, 0.3) is 11.5 Å². The van der Waals surface area contributed by atoms with Crippen LogP contribution in [0.2, 0.25) is 5.02 Å². The molecule has 0 fully saturated rings. The van der Waals surface area contributed by atoms with Crippen LogP contribution in [0.4, 0.5) is 9.39 Å². The van der Waals surface area contributed by atoms with Crippen molar-refractivity contribution in [3.05, 3.63) is 46.1 Å². The molecule has 2 heterocycles. The second-order valence-corrected chi connectivity index (χ2v) is 5.65. The van der Waals surface area contributed by atoms with E-state index >= 15 is 0 Å². The van der Waals surface area contributed by atoms with Gasteiger partial charge in [-0.05, 0) is 36.2 Å². The first-order chi connectivity index (χ1) is 10.0. The van der Waals surface area contributed by atoms with Crippen LogP contribution in [0.5, 0.6) is 0 Å². The number of hydrogen-bond donors (Lipinski definition) is 1. The van der Waals surface area contributed by atoms with Crippen molar-refractivity contribution in [2.75, 3.05) is 5.73 Å². The van der Waals surface area contributed by atoms with Crippen LogP contribution >= 0.6 is 23.1 Å². The van der Waals surface area contributed by atoms with Gasteiger partial charge in [-0.1, -0.05) is 22.8 Å². The molecule has 8 heteroatoms. The Morgan fingerprint density at radius 1 is 1.43 bits per heavy atom. The van der Waals surface area contributed by atoms with Crippen LogP contribution in [-0.4, -0.2) is 14.5 Å². The molecule has 0 radical (unpaired) electrons. The number of aryl methyl sites for hydroxylation is 1. The number of nitrogens with zero attached hydrogens (tertiary/aromatic N) is 3. The maximum absolute atomic E-state index is 13.0. The molecule has 5 nitrogen and oxygen atoms in total. The zero-order valence-electron chi connectivity index (χ0n) is 10.9. The maximum atomic E-state index is 13.0. The van der Waals surface area contributed by atoms with E-state index in [1.54, 1.807) is 6.07 Å². The van der Waals surface area contributed by atoms with Crippen LogP contribution < -0.4 is 5.73 Å². The normalized spacial score (nSPS) is 11.0. The summed E-state index contributed by atoms with van der Waals surface area (Å²) >= 11 is 7.16. The third-order valence-corrected chi connectivity index (χ3v) is 4.05. The SMILES string of the molecule is Cc1nsc(N)c1-c1nc(Cc2ccc(F)cc2Cl)no1. The fraction of sp³-hybridized carbons (Fsp3) is 0.154. The summed E-state index contributed by atoms with van der Waals surface area (Å²) in [7, 11) is 0. The minimum absolute atomic E-state index is 0.326. The van der Waals surface area contributed by atoms with Gasteiger partial charge in [0.05, 0.1) is 11.3 Å². The van der Waals surface area contributed by atoms with Crippen LogP contribution in [0.1, 0.15) is 17.1 Å². The van der Waals surface area contributed by atoms with E-state index in [1.807, 2.05) is 6.92 Å². The number of anilines is 1. The van der Waals surface area contributed by atoms with Gasteiger partial charge in [0.25, 0.3) is 5.89 Å². The van der Waals surface area contributed by atoms with Crippen molar-refractivity contribution in [2.24, 2.45) is 0 Å². The highest BCUT2D eigenvalue weighted by atomic mass is 35.5. The first-order valence-electron chi connectivity index (χ1n) is 6.03. The molecule has 0 saturated carbocycles. The number of aromatic nitrogens is 3. The number of nitrogen functional groups attached to an aromatic ring is 1. The van der Waals surface area contributed by atoms with Crippen LogP contribution in [-0.2, 0) is 6.42 Å². The molecule has 0 atom stereocenters. The Balaban J connectivity index is 1.89. The summed E-state index contributed by atoms with van der Waals surface area (Å²) in [6, 6.07) is 4.19. The second-order valence-electron chi connectivity index (χ2n) is 4.44. The van der Waals surface area contributed by atoms with Gasteiger partial charge in [0, 0.05) is 11.4 Å². The van der Waals surface area contributed by atoms with E-state index in [0.717, 1.165) is 11.3 Å². The lowest BCUT2D eigenvalue weighted by Gasteiger charge is -2.00. The first-order valence-corrected chi connectivity index (χ1v) is 7.18. The lowest BCUT2D eigenvalue weighted by Crippen LogP contribution is -1.93. The van der Waals surface area contributed by atoms with Gasteiger partial charge < -0.3 is 10.3 Å². The molecule has 0 aliphatic heterocycles. The molecule has 2 aromatic heterocycles. The monoisotopic (exact) mass is 324 g/mol. The standard InChI is InChI=1S/C13H10ClFN4OS/c1-6-11(12(16)21-19-6)13-17-10(18-20-13)4-7-2-3-8(15)5-9(7)14/h2-3,5H,4,16H2,1H3. The van der Waals surface area contributed by atoms with E-state index in [2.05, 4.69) is 14.5 Å². The van der Waals surface area contributed by atoms with E-state index in [-0.39, 0.29) is 5.82 Å². The molecule has 0 bridgehead atoms. The van der Waals surface area contributed by atoms with E-state index < -0.39 is 0 Å². The van der Waals surface area contributed by atoms with Crippen molar-refractivity contribution in [1.82, 2.24) is 14.5 Å². The van der Waals surface area contributed by atoms with Crippen LogP contribution in [0, 0.1) is 12.7 Å². The fourth-order valence-electron chi connectivity index (χ4n) is 1.91. The number of hydrogen-bond acceptors (Lipinski definition) is 6. The quantitative estimate of drug-likeness (QED) is 0.798. The molecule has 0 unspecified atom stereocenters. The Morgan fingerprint density at radius 3 is 2.90 bits per heavy atom. The Hall–Kier alpha value is -1.99. The van der Waals surface area contributed by atoms with Crippen LogP contribution in [0.3, 0.4) is 0 Å². The molecule has 108 valence electrons. The molecular formula is C13H10ClFN4OS. The Bertz CT molecular complexity index is 782. The third-order valence-electron chi connectivity index (χ3n) is 2.93. The molecular weight excluding hydrogens is 315 g/mol. The second kappa shape index (κ2) is 5.42. The Kier molecular flexibility index (Phi) is 3.60. The van der Waals surface area contributed by atoms with Crippen molar-refractivity contribution in [2.45, 2.75) is 13.3 Å². The lowest BCUT2D eigenvalue weighted by atomic mass is 10.1. The Morgan fingerprint density at radius 2 is 2.24 bits per heavy atom. The molecule has 3 aromatic rings. The largest absolute Gasteiger partial charge is 0.389 e. The smallest absolute Gasteiger partial charge is 0.262 e. The Labute approximate surface area is 128 Å². The van der Waals surface area contributed by atoms with Gasteiger partial charge in [0.2, 0.25) is 0 Å². The first kappa shape index (κ1) is 14.0.